The molecule has 0 atom stereocenters. The number of hydrogen-bond acceptors (Lipinski definition) is 2. The van der Waals surface area contributed by atoms with E-state index in [0.29, 0.717) is 0 Å². The summed E-state index contributed by atoms with van der Waals surface area (Å²) in [5, 5.41) is 0.911. The molecule has 0 aromatic rings. The van der Waals surface area contributed by atoms with Crippen molar-refractivity contribution in [3.63, 3.8) is 0 Å². The smallest absolute Gasteiger partial charge is 0.212 e. The van der Waals surface area contributed by atoms with Gasteiger partial charge in [-0.3, -0.25) is 0 Å². The zero-order valence-corrected chi connectivity index (χ0v) is 8.97. The van der Waals surface area contributed by atoms with Crippen LogP contribution in [0.4, 0.5) is 0 Å². The quantitative estimate of drug-likeness (QED) is 0.560. The molecular weight excluding hydrogens is 251 g/mol. The Morgan fingerprint density at radius 1 is 1.36 bits per heavy atom. The third-order valence-electron chi connectivity index (χ3n) is 2.89. The zero-order valence-electron chi connectivity index (χ0n) is 5.81. The van der Waals surface area contributed by atoms with Crippen molar-refractivity contribution >= 4 is 35.7 Å². The summed E-state index contributed by atoms with van der Waals surface area (Å²) in [7, 11) is 1.99. The fourth-order valence-electron chi connectivity index (χ4n) is 2.30. The lowest BCUT2D eigenvalue weighted by atomic mass is 9.45. The lowest BCUT2D eigenvalue weighted by molar-refractivity contribution is -0.0550. The van der Waals surface area contributed by atoms with Crippen LogP contribution in [0.1, 0.15) is 19.3 Å². The molecule has 3 aliphatic rings. The van der Waals surface area contributed by atoms with E-state index in [-0.39, 0.29) is 5.41 Å². The van der Waals surface area contributed by atoms with Gasteiger partial charge in [0.25, 0.3) is 0 Å². The van der Waals surface area contributed by atoms with Gasteiger partial charge in [0, 0.05) is 16.0 Å². The van der Waals surface area contributed by atoms with Crippen molar-refractivity contribution in [3.05, 3.63) is 0 Å². The van der Waals surface area contributed by atoms with Crippen molar-refractivity contribution in [2.75, 3.05) is 5.33 Å². The fourth-order valence-corrected chi connectivity index (χ4v) is 4.82. The molecule has 0 aromatic heterocycles. The van der Waals surface area contributed by atoms with Crippen molar-refractivity contribution in [2.45, 2.75) is 24.0 Å². The Bertz CT molecular complexity index is 278. The summed E-state index contributed by atoms with van der Waals surface area (Å²) in [5.41, 5.74) is 0.280. The Hall–Kier alpha value is 0.720. The Morgan fingerprint density at radius 3 is 2.09 bits per heavy atom. The highest BCUT2D eigenvalue weighted by Gasteiger charge is 2.73. The maximum atomic E-state index is 11.0. The first-order valence-corrected chi connectivity index (χ1v) is 6.86. The van der Waals surface area contributed by atoms with E-state index in [9.17, 15) is 8.42 Å². The van der Waals surface area contributed by atoms with Crippen LogP contribution in [0.15, 0.2) is 0 Å². The molecule has 3 aliphatic carbocycles. The molecule has 3 saturated carbocycles. The molecule has 2 nitrogen and oxygen atoms in total. The number of alkyl halides is 1. The average Bonchev–Trinajstić information content (AvgIpc) is 1.53. The number of hydrogen-bond donors (Lipinski definition) is 0. The molecule has 0 heterocycles. The van der Waals surface area contributed by atoms with Gasteiger partial charge in [-0.25, -0.2) is 8.42 Å². The van der Waals surface area contributed by atoms with Gasteiger partial charge >= 0.3 is 0 Å². The molecule has 64 valence electrons. The van der Waals surface area contributed by atoms with Crippen molar-refractivity contribution in [3.8, 4) is 0 Å². The molecule has 0 unspecified atom stereocenters. The average molecular weight is 260 g/mol. The summed E-state index contributed by atoms with van der Waals surface area (Å²) in [5.74, 6) is 0. The molecule has 3 rings (SSSR count). The molecule has 0 saturated heterocycles. The first-order chi connectivity index (χ1) is 4.93. The highest BCUT2D eigenvalue weighted by atomic mass is 79.9. The Morgan fingerprint density at radius 2 is 1.82 bits per heavy atom. The third-order valence-corrected chi connectivity index (χ3v) is 6.53. The van der Waals surface area contributed by atoms with Crippen LogP contribution < -0.4 is 0 Å². The minimum Gasteiger partial charge on any atom is -0.212 e. The second-order valence-electron chi connectivity index (χ2n) is 3.78. The summed E-state index contributed by atoms with van der Waals surface area (Å²) < 4.78 is 21.4. The van der Waals surface area contributed by atoms with Gasteiger partial charge in [0.15, 0.2) is 0 Å². The number of halogens is 2. The van der Waals surface area contributed by atoms with E-state index >= 15 is 0 Å². The fraction of sp³-hybridized carbons (Fsp3) is 1.00. The van der Waals surface area contributed by atoms with E-state index in [1.165, 1.54) is 0 Å². The molecule has 0 aromatic carbocycles. The Labute approximate surface area is 78.9 Å². The largest absolute Gasteiger partial charge is 0.238 e. The lowest BCUT2D eigenvalue weighted by Gasteiger charge is -2.68. The molecule has 0 aliphatic heterocycles. The molecule has 2 bridgehead atoms. The van der Waals surface area contributed by atoms with Crippen molar-refractivity contribution in [2.24, 2.45) is 5.41 Å². The molecule has 0 N–H and O–H groups in total. The highest BCUT2D eigenvalue weighted by molar-refractivity contribution is 9.09. The maximum absolute atomic E-state index is 11.0. The predicted octanol–water partition coefficient (Wildman–Crippen LogP) is 1.87. The molecule has 0 amide bonds. The van der Waals surface area contributed by atoms with Gasteiger partial charge in [0.05, 0.1) is 4.75 Å². The molecule has 3 fully saturated rings. The van der Waals surface area contributed by atoms with Gasteiger partial charge in [-0.05, 0) is 24.7 Å². The van der Waals surface area contributed by atoms with Crippen LogP contribution in [0.3, 0.4) is 0 Å². The Kier molecular flexibility index (Phi) is 1.48. The molecule has 0 radical (unpaired) electrons. The van der Waals surface area contributed by atoms with Gasteiger partial charge in [0.2, 0.25) is 9.05 Å². The third kappa shape index (κ3) is 0.864. The van der Waals surface area contributed by atoms with Gasteiger partial charge in [-0.2, -0.15) is 0 Å². The minimum absolute atomic E-state index is 0.280. The normalized spacial score (nSPS) is 47.8. The predicted molar refractivity (Wildman–Crippen MR) is 47.6 cm³/mol. The van der Waals surface area contributed by atoms with E-state index < -0.39 is 13.8 Å². The molecule has 0 spiro atoms. The molecule has 11 heavy (non-hydrogen) atoms. The second-order valence-corrected chi connectivity index (χ2v) is 7.31. The van der Waals surface area contributed by atoms with Crippen LogP contribution in [0, 0.1) is 5.41 Å². The van der Waals surface area contributed by atoms with E-state index in [1.54, 1.807) is 0 Å². The van der Waals surface area contributed by atoms with Crippen LogP contribution in [0.25, 0.3) is 0 Å². The van der Waals surface area contributed by atoms with Gasteiger partial charge in [0.1, 0.15) is 0 Å². The monoisotopic (exact) mass is 258 g/mol. The van der Waals surface area contributed by atoms with Crippen LogP contribution in [-0.4, -0.2) is 18.5 Å². The summed E-state index contributed by atoms with van der Waals surface area (Å²) >= 11 is 3.37. The summed E-state index contributed by atoms with van der Waals surface area (Å²) in [6.07, 6.45) is 2.28. The first-order valence-electron chi connectivity index (χ1n) is 3.43. The van der Waals surface area contributed by atoms with Gasteiger partial charge in [-0.1, -0.05) is 15.9 Å². The van der Waals surface area contributed by atoms with E-state index in [2.05, 4.69) is 15.9 Å². The zero-order chi connectivity index (χ0) is 8.33. The van der Waals surface area contributed by atoms with Crippen LogP contribution in [-0.2, 0) is 9.05 Å². The minimum atomic E-state index is -3.30. The standard InChI is InChI=1S/C6H8BrClO2S/c7-4-5-1-6(2-5,3-5)11(8,9)10/h1-4H2. The van der Waals surface area contributed by atoms with E-state index in [1.807, 2.05) is 0 Å². The Balaban J connectivity index is 2.17. The highest BCUT2D eigenvalue weighted by Crippen LogP contribution is 2.72. The maximum Gasteiger partial charge on any atom is 0.238 e. The number of rotatable bonds is 2. The van der Waals surface area contributed by atoms with Gasteiger partial charge in [-0.15, -0.1) is 0 Å². The van der Waals surface area contributed by atoms with Crippen LogP contribution in [0.5, 0.6) is 0 Å². The van der Waals surface area contributed by atoms with E-state index in [0.717, 1.165) is 24.6 Å². The van der Waals surface area contributed by atoms with Gasteiger partial charge < -0.3 is 0 Å². The van der Waals surface area contributed by atoms with Crippen molar-refractivity contribution < 1.29 is 8.42 Å². The SMILES string of the molecule is O=S(=O)(Cl)C12CC(CBr)(C1)C2. The van der Waals surface area contributed by atoms with Crippen LogP contribution >= 0.6 is 26.6 Å². The van der Waals surface area contributed by atoms with Crippen molar-refractivity contribution in [1.82, 2.24) is 0 Å². The van der Waals surface area contributed by atoms with Crippen LogP contribution in [0.2, 0.25) is 0 Å². The summed E-state index contributed by atoms with van der Waals surface area (Å²) in [6, 6.07) is 0. The van der Waals surface area contributed by atoms with Crippen molar-refractivity contribution in [1.29, 1.82) is 0 Å². The molecular formula is C6H8BrClO2S. The molecule has 5 heteroatoms. The topological polar surface area (TPSA) is 34.1 Å². The first kappa shape index (κ1) is 8.32. The lowest BCUT2D eigenvalue weighted by Crippen LogP contribution is -2.70. The summed E-state index contributed by atoms with van der Waals surface area (Å²) in [4.78, 5) is 0. The summed E-state index contributed by atoms with van der Waals surface area (Å²) in [6.45, 7) is 0. The van der Waals surface area contributed by atoms with E-state index in [4.69, 9.17) is 10.7 Å². The second kappa shape index (κ2) is 1.96.